The first kappa shape index (κ1) is 22.0. The molecule has 1 amide bonds. The molecular formula is C20H32N4O4S. The van der Waals surface area contributed by atoms with Crippen molar-refractivity contribution in [3.05, 3.63) is 23.8 Å². The Labute approximate surface area is 173 Å². The van der Waals surface area contributed by atoms with Crippen molar-refractivity contribution >= 4 is 15.9 Å². The van der Waals surface area contributed by atoms with Crippen molar-refractivity contribution in [1.82, 2.24) is 19.4 Å². The van der Waals surface area contributed by atoms with Crippen LogP contribution in [0.2, 0.25) is 0 Å². The van der Waals surface area contributed by atoms with Gasteiger partial charge < -0.3 is 19.4 Å². The van der Waals surface area contributed by atoms with Gasteiger partial charge in [-0.25, -0.2) is 13.1 Å². The molecule has 8 nitrogen and oxygen atoms in total. The Morgan fingerprint density at radius 2 is 1.79 bits per heavy atom. The van der Waals surface area contributed by atoms with E-state index in [-0.39, 0.29) is 10.8 Å². The first-order valence-electron chi connectivity index (χ1n) is 10.3. The number of amides is 1. The second kappa shape index (κ2) is 9.88. The number of carbonyl (C=O) groups excluding carboxylic acids is 1. The lowest BCUT2D eigenvalue weighted by Crippen LogP contribution is -2.45. The van der Waals surface area contributed by atoms with E-state index in [2.05, 4.69) is 21.6 Å². The minimum atomic E-state index is -3.68. The predicted octanol–water partition coefficient (Wildman–Crippen LogP) is 0.847. The van der Waals surface area contributed by atoms with Gasteiger partial charge in [0, 0.05) is 45.8 Å². The summed E-state index contributed by atoms with van der Waals surface area (Å²) >= 11 is 0. The van der Waals surface area contributed by atoms with Crippen LogP contribution < -0.4 is 9.46 Å². The van der Waals surface area contributed by atoms with Gasteiger partial charge in [0.05, 0.1) is 17.6 Å². The molecule has 0 bridgehead atoms. The fourth-order valence-electron chi connectivity index (χ4n) is 3.78. The molecule has 0 radical (unpaired) electrons. The predicted molar refractivity (Wildman–Crippen MR) is 112 cm³/mol. The lowest BCUT2D eigenvalue weighted by molar-refractivity contribution is 0.0789. The lowest BCUT2D eigenvalue weighted by atomic mass is 10.1. The Kier molecular flexibility index (Phi) is 7.50. The molecule has 9 heteroatoms. The fraction of sp³-hybridized carbons (Fsp3) is 0.650. The zero-order chi connectivity index (χ0) is 20.9. The van der Waals surface area contributed by atoms with Crippen molar-refractivity contribution in [2.24, 2.45) is 0 Å². The highest BCUT2D eigenvalue weighted by molar-refractivity contribution is 7.89. The van der Waals surface area contributed by atoms with Crippen LogP contribution in [0.5, 0.6) is 5.75 Å². The molecule has 0 spiro atoms. The number of piperazine rings is 1. The molecule has 2 aliphatic rings. The minimum absolute atomic E-state index is 0.0976. The van der Waals surface area contributed by atoms with Crippen molar-refractivity contribution < 1.29 is 17.9 Å². The van der Waals surface area contributed by atoms with E-state index in [0.29, 0.717) is 30.9 Å². The van der Waals surface area contributed by atoms with Crippen molar-refractivity contribution in [2.75, 3.05) is 66.5 Å². The molecule has 0 unspecified atom stereocenters. The monoisotopic (exact) mass is 424 g/mol. The quantitative estimate of drug-likeness (QED) is 0.623. The van der Waals surface area contributed by atoms with Crippen LogP contribution in [0.3, 0.4) is 0 Å². The van der Waals surface area contributed by atoms with E-state index in [1.165, 1.54) is 19.2 Å². The van der Waals surface area contributed by atoms with Crippen LogP contribution in [0.25, 0.3) is 0 Å². The van der Waals surface area contributed by atoms with E-state index in [1.54, 1.807) is 11.0 Å². The number of nitrogens with one attached hydrogen (secondary N) is 1. The van der Waals surface area contributed by atoms with E-state index in [1.807, 2.05) is 0 Å². The number of methoxy groups -OCH3 is 1. The van der Waals surface area contributed by atoms with Crippen molar-refractivity contribution in [2.45, 2.75) is 24.2 Å². The van der Waals surface area contributed by atoms with E-state index in [0.717, 1.165) is 52.0 Å². The van der Waals surface area contributed by atoms with Gasteiger partial charge in [0.2, 0.25) is 10.0 Å². The van der Waals surface area contributed by atoms with Gasteiger partial charge >= 0.3 is 0 Å². The maximum atomic E-state index is 12.8. The number of likely N-dealkylation sites (tertiary alicyclic amines) is 1. The number of hydrogen-bond donors (Lipinski definition) is 1. The summed E-state index contributed by atoms with van der Waals surface area (Å²) in [6, 6.07) is 4.48. The summed E-state index contributed by atoms with van der Waals surface area (Å²) in [5, 5.41) is 0. The summed E-state index contributed by atoms with van der Waals surface area (Å²) in [6.07, 6.45) is 2.69. The molecule has 3 rings (SSSR count). The highest BCUT2D eigenvalue weighted by Crippen LogP contribution is 2.25. The lowest BCUT2D eigenvalue weighted by Gasteiger charge is -2.32. The van der Waals surface area contributed by atoms with Gasteiger partial charge in [-0.15, -0.1) is 0 Å². The van der Waals surface area contributed by atoms with Gasteiger partial charge in [-0.1, -0.05) is 0 Å². The molecule has 2 aliphatic heterocycles. The number of sulfonamides is 1. The first-order valence-corrected chi connectivity index (χ1v) is 11.8. The third-order valence-electron chi connectivity index (χ3n) is 5.64. The van der Waals surface area contributed by atoms with Crippen LogP contribution in [-0.2, 0) is 10.0 Å². The number of likely N-dealkylation sites (N-methyl/N-ethyl adjacent to an activating group) is 1. The molecule has 1 aromatic carbocycles. The third-order valence-corrected chi connectivity index (χ3v) is 7.10. The fourth-order valence-corrected chi connectivity index (χ4v) is 4.88. The zero-order valence-electron chi connectivity index (χ0n) is 17.4. The molecule has 0 aromatic heterocycles. The van der Waals surface area contributed by atoms with Crippen LogP contribution in [0.4, 0.5) is 0 Å². The Balaban J connectivity index is 1.60. The van der Waals surface area contributed by atoms with Gasteiger partial charge in [0.15, 0.2) is 0 Å². The average Bonchev–Trinajstić information content (AvgIpc) is 3.26. The summed E-state index contributed by atoms with van der Waals surface area (Å²) < 4.78 is 33.4. The summed E-state index contributed by atoms with van der Waals surface area (Å²) in [7, 11) is -0.0785. The van der Waals surface area contributed by atoms with Gasteiger partial charge in [-0.3, -0.25) is 4.79 Å². The Hall–Kier alpha value is -1.68. The molecule has 0 saturated carbocycles. The molecule has 1 aromatic rings. The van der Waals surface area contributed by atoms with Crippen LogP contribution in [0, 0.1) is 0 Å². The molecule has 0 atom stereocenters. The van der Waals surface area contributed by atoms with Gasteiger partial charge in [-0.2, -0.15) is 0 Å². The molecule has 1 N–H and O–H groups in total. The molecule has 2 saturated heterocycles. The number of benzene rings is 1. The topological polar surface area (TPSA) is 82.2 Å². The summed E-state index contributed by atoms with van der Waals surface area (Å²) in [6.45, 7) is 6.77. The normalized spacial score (nSPS) is 18.9. The van der Waals surface area contributed by atoms with Crippen LogP contribution in [-0.4, -0.2) is 95.5 Å². The highest BCUT2D eigenvalue weighted by atomic mass is 32.2. The van der Waals surface area contributed by atoms with E-state index in [4.69, 9.17) is 4.74 Å². The minimum Gasteiger partial charge on any atom is -0.496 e. The highest BCUT2D eigenvalue weighted by Gasteiger charge is 2.25. The average molecular weight is 425 g/mol. The van der Waals surface area contributed by atoms with Crippen LogP contribution >= 0.6 is 0 Å². The molecule has 2 heterocycles. The van der Waals surface area contributed by atoms with E-state index < -0.39 is 10.0 Å². The molecule has 162 valence electrons. The summed E-state index contributed by atoms with van der Waals surface area (Å²) in [5.74, 6) is 0.224. The Bertz CT molecular complexity index is 801. The molecular weight excluding hydrogens is 392 g/mol. The van der Waals surface area contributed by atoms with E-state index in [9.17, 15) is 13.2 Å². The smallest absolute Gasteiger partial charge is 0.257 e. The Morgan fingerprint density at radius 3 is 2.45 bits per heavy atom. The van der Waals surface area contributed by atoms with Gasteiger partial charge in [0.25, 0.3) is 5.91 Å². The van der Waals surface area contributed by atoms with Crippen molar-refractivity contribution in [3.8, 4) is 5.75 Å². The summed E-state index contributed by atoms with van der Waals surface area (Å²) in [5.41, 5.74) is 0.301. The van der Waals surface area contributed by atoms with Crippen molar-refractivity contribution in [1.29, 1.82) is 0 Å². The third kappa shape index (κ3) is 5.69. The second-order valence-corrected chi connectivity index (χ2v) is 9.52. The number of hydrogen-bond acceptors (Lipinski definition) is 6. The molecule has 2 fully saturated rings. The zero-order valence-corrected chi connectivity index (χ0v) is 18.2. The Morgan fingerprint density at radius 1 is 1.10 bits per heavy atom. The first-order chi connectivity index (χ1) is 13.9. The largest absolute Gasteiger partial charge is 0.496 e. The van der Waals surface area contributed by atoms with Crippen LogP contribution in [0.1, 0.15) is 29.6 Å². The number of rotatable bonds is 8. The SMILES string of the molecule is COc1ccc(S(=O)(=O)NCCCN2CCN(C)CC2)cc1C(=O)N1CCCC1. The second-order valence-electron chi connectivity index (χ2n) is 7.76. The van der Waals surface area contributed by atoms with E-state index >= 15 is 0 Å². The number of ether oxygens (including phenoxy) is 1. The van der Waals surface area contributed by atoms with Gasteiger partial charge in [0.1, 0.15) is 5.75 Å². The molecule has 0 aliphatic carbocycles. The number of nitrogens with zero attached hydrogens (tertiary/aromatic N) is 3. The molecule has 29 heavy (non-hydrogen) atoms. The maximum Gasteiger partial charge on any atom is 0.257 e. The van der Waals surface area contributed by atoms with Gasteiger partial charge in [-0.05, 0) is 51.1 Å². The van der Waals surface area contributed by atoms with Crippen molar-refractivity contribution in [3.63, 3.8) is 0 Å². The number of carbonyl (C=O) groups is 1. The summed E-state index contributed by atoms with van der Waals surface area (Å²) in [4.78, 5) is 19.3. The van der Waals surface area contributed by atoms with Crippen LogP contribution in [0.15, 0.2) is 23.1 Å². The standard InChI is InChI=1S/C20H32N4O4S/c1-22-12-14-23(15-13-22)9-5-8-21-29(26,27)17-6-7-19(28-2)18(16-17)20(25)24-10-3-4-11-24/h6-7,16,21H,3-5,8-15H2,1-2H3. The maximum absolute atomic E-state index is 12.8.